The Labute approximate surface area is 190 Å². The quantitative estimate of drug-likeness (QED) is 0.504. The molecule has 0 saturated carbocycles. The molecule has 2 heterocycles. The van der Waals surface area contributed by atoms with Crippen LogP contribution in [0.3, 0.4) is 0 Å². The molecule has 2 aromatic heterocycles. The average Bonchev–Trinajstić information content (AvgIpc) is 3.43. The lowest BCUT2D eigenvalue weighted by Gasteiger charge is -2.16. The second-order valence-electron chi connectivity index (χ2n) is 7.81. The number of aliphatic hydroxyl groups excluding tert-OH is 1. The lowest BCUT2D eigenvalue weighted by molar-refractivity contribution is 0.168. The van der Waals surface area contributed by atoms with Crippen LogP contribution >= 0.6 is 0 Å². The molecular formula is C22H22N6O4S. The highest BCUT2D eigenvalue weighted by Gasteiger charge is 2.24. The highest BCUT2D eigenvalue weighted by Crippen LogP contribution is 2.37. The number of aromatic nitrogens is 3. The summed E-state index contributed by atoms with van der Waals surface area (Å²) >= 11 is 0. The second-order valence-corrected chi connectivity index (χ2v) is 9.43. The fourth-order valence-corrected chi connectivity index (χ4v) is 4.73. The van der Waals surface area contributed by atoms with Gasteiger partial charge in [-0.2, -0.15) is 18.8 Å². The van der Waals surface area contributed by atoms with Crippen LogP contribution in [-0.4, -0.2) is 40.4 Å². The van der Waals surface area contributed by atoms with E-state index in [0.717, 1.165) is 30.4 Å². The fraction of sp³-hybridized carbons (Fsp3) is 0.273. The zero-order valence-electron chi connectivity index (χ0n) is 17.8. The van der Waals surface area contributed by atoms with Crippen LogP contribution in [0.4, 0.5) is 10.5 Å². The first kappa shape index (κ1) is 22.4. The third-order valence-electron chi connectivity index (χ3n) is 5.28. The molecule has 0 aliphatic heterocycles. The normalized spacial score (nSPS) is 13.7. The van der Waals surface area contributed by atoms with Gasteiger partial charge < -0.3 is 10.4 Å². The van der Waals surface area contributed by atoms with Crippen molar-refractivity contribution >= 4 is 21.7 Å². The first-order valence-corrected chi connectivity index (χ1v) is 11.8. The van der Waals surface area contributed by atoms with E-state index >= 15 is 0 Å². The van der Waals surface area contributed by atoms with Crippen LogP contribution in [0.5, 0.6) is 0 Å². The van der Waals surface area contributed by atoms with E-state index in [1.165, 1.54) is 23.1 Å². The molecule has 0 fully saturated rings. The number of benzene rings is 1. The summed E-state index contributed by atoms with van der Waals surface area (Å²) < 4.78 is 28.6. The molecule has 1 aromatic carbocycles. The maximum atomic E-state index is 12.8. The van der Waals surface area contributed by atoms with Crippen molar-refractivity contribution < 1.29 is 18.3 Å². The molecule has 4 rings (SSSR count). The smallest absolute Gasteiger partial charge is 0.333 e. The highest BCUT2D eigenvalue weighted by atomic mass is 32.2. The lowest BCUT2D eigenvalue weighted by Crippen LogP contribution is -2.35. The van der Waals surface area contributed by atoms with Crippen molar-refractivity contribution in [1.29, 1.82) is 5.26 Å². The van der Waals surface area contributed by atoms with Crippen molar-refractivity contribution in [2.75, 3.05) is 5.32 Å². The third-order valence-corrected chi connectivity index (χ3v) is 6.50. The van der Waals surface area contributed by atoms with E-state index in [1.54, 1.807) is 19.1 Å². The standard InChI is InChI=1S/C22H22N6O4S/c1-14(29)13-28-10-8-20(26-28)33(31,32)27-22(30)25-21-18-4-2-3-15(18)5-6-19(21)16-7-9-24-17(11-16)12-23/h5-11,14,29H,2-4,13H2,1H3,(H2,25,27,30)/t14-/m1/s1. The van der Waals surface area contributed by atoms with Gasteiger partial charge in [0.2, 0.25) is 0 Å². The molecule has 3 aromatic rings. The summed E-state index contributed by atoms with van der Waals surface area (Å²) in [6.07, 6.45) is 4.76. The van der Waals surface area contributed by atoms with Crippen LogP contribution in [0.1, 0.15) is 30.2 Å². The molecule has 1 aliphatic rings. The molecule has 0 unspecified atom stereocenters. The van der Waals surface area contributed by atoms with Crippen molar-refractivity contribution in [2.45, 2.75) is 43.9 Å². The Morgan fingerprint density at radius 3 is 2.88 bits per heavy atom. The number of carbonyl (C=O) groups excluding carboxylic acids is 1. The summed E-state index contributed by atoms with van der Waals surface area (Å²) in [5.74, 6) is 0. The highest BCUT2D eigenvalue weighted by molar-refractivity contribution is 7.90. The van der Waals surface area contributed by atoms with Gasteiger partial charge in [0, 0.05) is 18.0 Å². The zero-order valence-corrected chi connectivity index (χ0v) is 18.6. The van der Waals surface area contributed by atoms with Gasteiger partial charge in [0.15, 0.2) is 5.03 Å². The molecule has 0 saturated heterocycles. The number of anilines is 1. The largest absolute Gasteiger partial charge is 0.391 e. The Kier molecular flexibility index (Phi) is 6.13. The van der Waals surface area contributed by atoms with Crippen LogP contribution in [-0.2, 0) is 29.4 Å². The Morgan fingerprint density at radius 2 is 2.12 bits per heavy atom. The first-order chi connectivity index (χ1) is 15.8. The molecule has 0 radical (unpaired) electrons. The van der Waals surface area contributed by atoms with E-state index < -0.39 is 22.2 Å². The van der Waals surface area contributed by atoms with Gasteiger partial charge in [0.25, 0.3) is 10.0 Å². The fourth-order valence-electron chi connectivity index (χ4n) is 3.88. The van der Waals surface area contributed by atoms with Gasteiger partial charge in [-0.15, -0.1) is 0 Å². The van der Waals surface area contributed by atoms with Crippen molar-refractivity contribution in [3.63, 3.8) is 0 Å². The topological polar surface area (TPSA) is 150 Å². The van der Waals surface area contributed by atoms with Crippen molar-refractivity contribution in [2.24, 2.45) is 0 Å². The third kappa shape index (κ3) is 4.87. The molecule has 0 spiro atoms. The van der Waals surface area contributed by atoms with E-state index in [9.17, 15) is 23.6 Å². The Bertz CT molecular complexity index is 1360. The number of hydrogen-bond donors (Lipinski definition) is 3. The molecule has 3 N–H and O–H groups in total. The molecule has 170 valence electrons. The van der Waals surface area contributed by atoms with Gasteiger partial charge in [0.1, 0.15) is 11.8 Å². The van der Waals surface area contributed by atoms with Gasteiger partial charge in [-0.25, -0.2) is 14.5 Å². The molecule has 2 amide bonds. The summed E-state index contributed by atoms with van der Waals surface area (Å²) in [4.78, 5) is 16.7. The van der Waals surface area contributed by atoms with Gasteiger partial charge in [-0.05, 0) is 61.1 Å². The summed E-state index contributed by atoms with van der Waals surface area (Å²) in [6.45, 7) is 1.68. The number of nitriles is 1. The molecule has 33 heavy (non-hydrogen) atoms. The number of pyridine rings is 1. The lowest BCUT2D eigenvalue weighted by atomic mass is 9.97. The second kappa shape index (κ2) is 9.01. The molecule has 11 heteroatoms. The molecule has 1 aliphatic carbocycles. The minimum atomic E-state index is -4.23. The van der Waals surface area contributed by atoms with Crippen LogP contribution in [0, 0.1) is 11.3 Å². The van der Waals surface area contributed by atoms with Crippen LogP contribution in [0.2, 0.25) is 0 Å². The Balaban J connectivity index is 1.62. The molecule has 10 nitrogen and oxygen atoms in total. The number of aliphatic hydroxyl groups is 1. The number of carbonyl (C=O) groups is 1. The monoisotopic (exact) mass is 466 g/mol. The number of sulfonamides is 1. The zero-order chi connectivity index (χ0) is 23.6. The molecule has 0 bridgehead atoms. The first-order valence-electron chi connectivity index (χ1n) is 10.3. The van der Waals surface area contributed by atoms with Crippen LogP contribution in [0.15, 0.2) is 47.8 Å². The van der Waals surface area contributed by atoms with E-state index in [0.29, 0.717) is 16.8 Å². The number of rotatable bonds is 6. The summed E-state index contributed by atoms with van der Waals surface area (Å²) in [7, 11) is -4.23. The van der Waals surface area contributed by atoms with E-state index in [2.05, 4.69) is 15.4 Å². The van der Waals surface area contributed by atoms with E-state index in [1.807, 2.05) is 22.9 Å². The Morgan fingerprint density at radius 1 is 1.30 bits per heavy atom. The van der Waals surface area contributed by atoms with Crippen LogP contribution in [0.25, 0.3) is 11.1 Å². The van der Waals surface area contributed by atoms with Crippen molar-refractivity contribution in [3.8, 4) is 17.2 Å². The van der Waals surface area contributed by atoms with Gasteiger partial charge in [0.05, 0.1) is 18.3 Å². The van der Waals surface area contributed by atoms with Crippen LogP contribution < -0.4 is 10.0 Å². The summed E-state index contributed by atoms with van der Waals surface area (Å²) in [6, 6.07) is 9.51. The van der Waals surface area contributed by atoms with Crippen molar-refractivity contribution in [3.05, 3.63) is 59.5 Å². The molecular weight excluding hydrogens is 444 g/mol. The average molecular weight is 467 g/mol. The summed E-state index contributed by atoms with van der Waals surface area (Å²) in [5.41, 5.74) is 4.13. The molecule has 1 atom stereocenters. The maximum Gasteiger partial charge on any atom is 0.333 e. The predicted molar refractivity (Wildman–Crippen MR) is 120 cm³/mol. The number of aryl methyl sites for hydroxylation is 1. The minimum Gasteiger partial charge on any atom is -0.391 e. The number of nitrogens with zero attached hydrogens (tertiary/aromatic N) is 4. The number of fused-ring (bicyclic) bond motifs is 1. The Hall–Kier alpha value is -3.75. The van der Waals surface area contributed by atoms with Gasteiger partial charge in [-0.3, -0.25) is 4.68 Å². The van der Waals surface area contributed by atoms with Gasteiger partial charge >= 0.3 is 6.03 Å². The maximum absolute atomic E-state index is 12.8. The number of hydrogen-bond acceptors (Lipinski definition) is 7. The SMILES string of the molecule is C[C@@H](O)Cn1ccc(S(=O)(=O)NC(=O)Nc2c(-c3ccnc(C#N)c3)ccc3c2CCC3)n1. The van der Waals surface area contributed by atoms with Gasteiger partial charge in [-0.1, -0.05) is 12.1 Å². The minimum absolute atomic E-state index is 0.123. The van der Waals surface area contributed by atoms with E-state index in [-0.39, 0.29) is 17.3 Å². The van der Waals surface area contributed by atoms with Crippen molar-refractivity contribution in [1.82, 2.24) is 19.5 Å². The summed E-state index contributed by atoms with van der Waals surface area (Å²) in [5, 5.41) is 24.9. The number of amides is 2. The predicted octanol–water partition coefficient (Wildman–Crippen LogP) is 2.20. The number of urea groups is 1. The van der Waals surface area contributed by atoms with E-state index in [4.69, 9.17) is 0 Å². The number of nitrogens with one attached hydrogen (secondary N) is 2.